The van der Waals surface area contributed by atoms with E-state index in [1.807, 2.05) is 0 Å². The van der Waals surface area contributed by atoms with Gasteiger partial charge in [-0.15, -0.1) is 0 Å². The molecule has 0 aliphatic carbocycles. The summed E-state index contributed by atoms with van der Waals surface area (Å²) in [6, 6.07) is 6.18. The number of carbonyl (C=O) groups is 3. The summed E-state index contributed by atoms with van der Waals surface area (Å²) in [6.07, 6.45) is 0.231. The molecule has 21 heteroatoms. The van der Waals surface area contributed by atoms with Crippen molar-refractivity contribution in [3.63, 3.8) is 0 Å². The first-order chi connectivity index (χ1) is 21.0. The second-order valence-electron chi connectivity index (χ2n) is 9.14. The van der Waals surface area contributed by atoms with Crippen LogP contribution in [0.25, 0.3) is 11.3 Å². The van der Waals surface area contributed by atoms with Crippen molar-refractivity contribution in [2.45, 2.75) is 32.4 Å². The predicted molar refractivity (Wildman–Crippen MR) is 155 cm³/mol. The number of carbonyl (C=O) groups excluding carboxylic acids is 3. The molecule has 2 atom stereocenters. The largest absolute Gasteiger partial charge is 0.529 e. The number of rotatable bonds is 13. The maximum atomic E-state index is 13.2. The summed E-state index contributed by atoms with van der Waals surface area (Å²) in [7, 11) is -10.2. The number of hydrogen-bond donors (Lipinski definition) is 7. The zero-order valence-electron chi connectivity index (χ0n) is 23.4. The van der Waals surface area contributed by atoms with E-state index in [1.165, 1.54) is 24.5 Å². The monoisotopic (exact) mass is 691 g/mol. The van der Waals surface area contributed by atoms with Gasteiger partial charge in [-0.25, -0.2) is 28.7 Å². The summed E-state index contributed by atoms with van der Waals surface area (Å²) in [6.45, 7) is 2.61. The fraction of sp³-hybridized carbons (Fsp3) is 0.292. The molecule has 45 heavy (non-hydrogen) atoms. The summed E-state index contributed by atoms with van der Waals surface area (Å²) < 4.78 is 38.9. The molecular weight excluding hydrogens is 664 g/mol. The number of phosphoric acid groups is 2. The quantitative estimate of drug-likeness (QED) is 0.0996. The molecule has 2 unspecified atom stereocenters. The topological polar surface area (TPSA) is 269 Å². The molecule has 7 N–H and O–H groups in total. The Morgan fingerprint density at radius 2 is 1.67 bits per heavy atom. The highest BCUT2D eigenvalue weighted by Gasteiger charge is 2.25. The minimum Gasteiger partial charge on any atom is -0.432 e. The van der Waals surface area contributed by atoms with Gasteiger partial charge in [0.05, 0.1) is 17.8 Å². The second-order valence-corrected chi connectivity index (χ2v) is 11.9. The highest BCUT2D eigenvalue weighted by molar-refractivity contribution is 7.47. The molecule has 1 aromatic carbocycles. The fourth-order valence-corrected chi connectivity index (χ4v) is 4.35. The third kappa shape index (κ3) is 11.8. The van der Waals surface area contributed by atoms with E-state index in [0.717, 1.165) is 0 Å². The third-order valence-corrected chi connectivity index (χ3v) is 6.72. The first-order valence-corrected chi connectivity index (χ1v) is 16.2. The van der Waals surface area contributed by atoms with Crippen LogP contribution in [-0.2, 0) is 27.7 Å². The van der Waals surface area contributed by atoms with E-state index in [9.17, 15) is 23.5 Å². The molecule has 0 aliphatic rings. The summed E-state index contributed by atoms with van der Waals surface area (Å²) in [5.41, 5.74) is 2.03. The Labute approximate surface area is 259 Å². The number of aromatic nitrogens is 3. The zero-order chi connectivity index (χ0) is 33.4. The molecule has 244 valence electrons. The molecule has 0 saturated carbocycles. The third-order valence-electron chi connectivity index (χ3n) is 5.71. The molecule has 0 fully saturated rings. The van der Waals surface area contributed by atoms with Gasteiger partial charge in [0.15, 0.2) is 0 Å². The number of aromatic amines is 1. The first kappa shape index (κ1) is 35.5. The average Bonchev–Trinajstić information content (AvgIpc) is 3.42. The highest BCUT2D eigenvalue weighted by Crippen LogP contribution is 2.37. The Balaban J connectivity index is 1.73. The van der Waals surface area contributed by atoms with Crippen molar-refractivity contribution in [3.8, 4) is 11.3 Å². The number of hydrogen-bond acceptors (Lipinski definition) is 12. The van der Waals surface area contributed by atoms with Gasteiger partial charge in [0.25, 0.3) is 5.91 Å². The summed E-state index contributed by atoms with van der Waals surface area (Å²) in [5.74, 6) is -0.518. The van der Waals surface area contributed by atoms with E-state index in [2.05, 4.69) is 34.6 Å². The molecule has 0 bridgehead atoms. The Kier molecular flexibility index (Phi) is 12.1. The summed E-state index contributed by atoms with van der Waals surface area (Å²) >= 11 is 6.06. The van der Waals surface area contributed by atoms with E-state index in [1.54, 1.807) is 32.0 Å². The van der Waals surface area contributed by atoms with Crippen LogP contribution in [0.5, 0.6) is 0 Å². The first-order valence-electron chi connectivity index (χ1n) is 12.7. The van der Waals surface area contributed by atoms with Crippen molar-refractivity contribution in [2.75, 3.05) is 18.5 Å². The number of amides is 1. The Bertz CT molecular complexity index is 1630. The fourth-order valence-electron chi connectivity index (χ4n) is 3.66. The second kappa shape index (κ2) is 15.3. The van der Waals surface area contributed by atoms with Gasteiger partial charge in [0, 0.05) is 23.0 Å². The molecule has 0 radical (unpaired) electrons. The van der Waals surface area contributed by atoms with Crippen molar-refractivity contribution in [1.82, 2.24) is 20.3 Å². The molecule has 3 aromatic rings. The summed E-state index contributed by atoms with van der Waals surface area (Å²) in [5, 5.41) is 5.92. The van der Waals surface area contributed by atoms with Crippen LogP contribution < -0.4 is 10.6 Å². The van der Waals surface area contributed by atoms with Crippen molar-refractivity contribution in [2.24, 2.45) is 0 Å². The van der Waals surface area contributed by atoms with E-state index >= 15 is 0 Å². The minimum absolute atomic E-state index is 0.0748. The molecule has 0 aliphatic heterocycles. The molecule has 0 saturated heterocycles. The van der Waals surface area contributed by atoms with Crippen LogP contribution in [0.3, 0.4) is 0 Å². The standard InChI is InChI=1S/C24H28ClN5O13P2/c1-3-17(11-40-23(32)42-44(34,35)36)28-22-27-9-13(2)20(30-22)15-8-18(26-10-15)21(31)29-19(14-5-4-6-16(25)7-14)12-41-24(33)43-45(37,38)39/h4-10,17,19,26H,3,11-12H2,1-2H3,(H,29,31)(H,27,28,30)(H2,34,35,36)(H2,37,38,39). The number of nitrogens with zero attached hydrogens (tertiary/aromatic N) is 2. The minimum atomic E-state index is -5.15. The van der Waals surface area contributed by atoms with Gasteiger partial charge in [-0.2, -0.15) is 0 Å². The summed E-state index contributed by atoms with van der Waals surface area (Å²) in [4.78, 5) is 82.8. The van der Waals surface area contributed by atoms with E-state index in [4.69, 9.17) is 40.6 Å². The van der Waals surface area contributed by atoms with Gasteiger partial charge in [0.1, 0.15) is 18.9 Å². The lowest BCUT2D eigenvalue weighted by Crippen LogP contribution is -2.32. The number of ether oxygens (including phenoxy) is 2. The lowest BCUT2D eigenvalue weighted by atomic mass is 10.1. The van der Waals surface area contributed by atoms with Gasteiger partial charge >= 0.3 is 28.0 Å². The molecule has 1 amide bonds. The average molecular weight is 692 g/mol. The van der Waals surface area contributed by atoms with Crippen molar-refractivity contribution in [3.05, 3.63) is 64.6 Å². The van der Waals surface area contributed by atoms with Crippen LogP contribution in [-0.4, -0.2) is 72.0 Å². The predicted octanol–water partition coefficient (Wildman–Crippen LogP) is 3.59. The molecule has 18 nitrogen and oxygen atoms in total. The van der Waals surface area contributed by atoms with E-state index in [-0.39, 0.29) is 18.2 Å². The number of phosphoric ester groups is 2. The van der Waals surface area contributed by atoms with Crippen molar-refractivity contribution >= 4 is 51.4 Å². The van der Waals surface area contributed by atoms with Gasteiger partial charge in [-0.3, -0.25) is 24.4 Å². The normalized spacial score (nSPS) is 12.9. The van der Waals surface area contributed by atoms with Crippen LogP contribution in [0.1, 0.15) is 41.0 Å². The van der Waals surface area contributed by atoms with Crippen LogP contribution in [0.15, 0.2) is 42.7 Å². The Morgan fingerprint density at radius 1 is 1.02 bits per heavy atom. The lowest BCUT2D eigenvalue weighted by molar-refractivity contribution is 0.0717. The number of H-pyrrole nitrogens is 1. The zero-order valence-corrected chi connectivity index (χ0v) is 26.0. The molecule has 2 aromatic heterocycles. The van der Waals surface area contributed by atoms with Crippen LogP contribution >= 0.6 is 27.2 Å². The Hall–Kier alpha value is -4.02. The number of benzene rings is 1. The maximum Gasteiger partial charge on any atom is 0.529 e. The van der Waals surface area contributed by atoms with Gasteiger partial charge in [-0.05, 0) is 42.7 Å². The highest BCUT2D eigenvalue weighted by atomic mass is 35.5. The van der Waals surface area contributed by atoms with Crippen molar-refractivity contribution < 1.29 is 61.6 Å². The number of nitrogens with one attached hydrogen (secondary N) is 3. The van der Waals surface area contributed by atoms with E-state index < -0.39 is 52.6 Å². The van der Waals surface area contributed by atoms with E-state index in [0.29, 0.717) is 33.8 Å². The van der Waals surface area contributed by atoms with Gasteiger partial charge < -0.3 is 34.1 Å². The Morgan fingerprint density at radius 3 is 2.27 bits per heavy atom. The molecular formula is C24H28ClN5O13P2. The van der Waals surface area contributed by atoms with Crippen LogP contribution in [0, 0.1) is 6.92 Å². The SMILES string of the molecule is CCC(COC(=O)OP(=O)(O)O)Nc1ncc(C)c(-c2c[nH]c(C(=O)NC(COC(=O)OP(=O)(O)O)c3cccc(Cl)c3)c2)n1. The van der Waals surface area contributed by atoms with Crippen molar-refractivity contribution in [1.29, 1.82) is 0 Å². The number of halogens is 1. The number of anilines is 1. The smallest absolute Gasteiger partial charge is 0.432 e. The van der Waals surface area contributed by atoms with Gasteiger partial charge in [-0.1, -0.05) is 30.7 Å². The van der Waals surface area contributed by atoms with Crippen LogP contribution in [0.4, 0.5) is 15.5 Å². The van der Waals surface area contributed by atoms with Crippen LogP contribution in [0.2, 0.25) is 5.02 Å². The molecule has 3 rings (SSSR count). The molecule has 0 spiro atoms. The number of aryl methyl sites for hydroxylation is 1. The molecule has 2 heterocycles. The lowest BCUT2D eigenvalue weighted by Gasteiger charge is -2.19. The van der Waals surface area contributed by atoms with Gasteiger partial charge in [0.2, 0.25) is 5.95 Å². The maximum absolute atomic E-state index is 13.2.